The van der Waals surface area contributed by atoms with Crippen LogP contribution in [0.3, 0.4) is 0 Å². The van der Waals surface area contributed by atoms with Crippen LogP contribution in [0.2, 0.25) is 0 Å². The second-order valence-electron chi connectivity index (χ2n) is 5.07. The topological polar surface area (TPSA) is 50.4 Å². The maximum absolute atomic E-state index is 11.9. The number of hydrogen-bond donors (Lipinski definition) is 2. The zero-order valence-corrected chi connectivity index (χ0v) is 13.3. The fourth-order valence-electron chi connectivity index (χ4n) is 2.34. The molecule has 0 aliphatic carbocycles. The van der Waals surface area contributed by atoms with Crippen LogP contribution in [0.1, 0.15) is 31.4 Å². The Bertz CT molecular complexity index is 447. The van der Waals surface area contributed by atoms with Crippen molar-refractivity contribution in [2.45, 2.75) is 31.9 Å². The number of rotatable bonds is 5. The van der Waals surface area contributed by atoms with E-state index in [-0.39, 0.29) is 24.7 Å². The fourth-order valence-corrected chi connectivity index (χ4v) is 2.97. The first-order chi connectivity index (χ1) is 9.66. The SMILES string of the molecule is CC(NC(=O)COC1CCNCC1)c1ccccc1Br. The number of nitrogens with one attached hydrogen (secondary N) is 2. The highest BCUT2D eigenvalue weighted by Crippen LogP contribution is 2.22. The number of benzene rings is 1. The second-order valence-corrected chi connectivity index (χ2v) is 5.93. The molecule has 1 amide bonds. The van der Waals surface area contributed by atoms with Crippen molar-refractivity contribution in [3.05, 3.63) is 34.3 Å². The van der Waals surface area contributed by atoms with Gasteiger partial charge < -0.3 is 15.4 Å². The number of carbonyl (C=O) groups excluding carboxylic acids is 1. The van der Waals surface area contributed by atoms with Crippen LogP contribution in [0.4, 0.5) is 0 Å². The van der Waals surface area contributed by atoms with Gasteiger partial charge >= 0.3 is 0 Å². The molecule has 1 aromatic rings. The third kappa shape index (κ3) is 4.58. The summed E-state index contributed by atoms with van der Waals surface area (Å²) in [7, 11) is 0. The number of piperidine rings is 1. The Balaban J connectivity index is 1.77. The summed E-state index contributed by atoms with van der Waals surface area (Å²) in [6.45, 7) is 4.06. The molecule has 5 heteroatoms. The van der Waals surface area contributed by atoms with E-state index >= 15 is 0 Å². The Morgan fingerprint density at radius 3 is 2.85 bits per heavy atom. The monoisotopic (exact) mass is 340 g/mol. The lowest BCUT2D eigenvalue weighted by atomic mass is 10.1. The second kappa shape index (κ2) is 7.76. The summed E-state index contributed by atoms with van der Waals surface area (Å²) in [5, 5.41) is 6.24. The van der Waals surface area contributed by atoms with Crippen LogP contribution >= 0.6 is 15.9 Å². The lowest BCUT2D eigenvalue weighted by molar-refractivity contribution is -0.128. The Kier molecular flexibility index (Phi) is 6.01. The molecule has 1 atom stereocenters. The molecular weight excluding hydrogens is 320 g/mol. The molecule has 1 aromatic carbocycles. The van der Waals surface area contributed by atoms with Gasteiger partial charge in [-0.25, -0.2) is 0 Å². The quantitative estimate of drug-likeness (QED) is 0.865. The average Bonchev–Trinajstić information content (AvgIpc) is 2.46. The lowest BCUT2D eigenvalue weighted by Crippen LogP contribution is -2.36. The van der Waals surface area contributed by atoms with Crippen molar-refractivity contribution in [2.75, 3.05) is 19.7 Å². The zero-order valence-electron chi connectivity index (χ0n) is 11.7. The van der Waals surface area contributed by atoms with Gasteiger partial charge in [0.1, 0.15) is 6.61 Å². The van der Waals surface area contributed by atoms with Gasteiger partial charge in [-0.15, -0.1) is 0 Å². The van der Waals surface area contributed by atoms with Gasteiger partial charge in [-0.2, -0.15) is 0 Å². The van der Waals surface area contributed by atoms with Crippen molar-refractivity contribution in [2.24, 2.45) is 0 Å². The summed E-state index contributed by atoms with van der Waals surface area (Å²) in [6, 6.07) is 7.87. The van der Waals surface area contributed by atoms with Crippen LogP contribution in [0.25, 0.3) is 0 Å². The highest BCUT2D eigenvalue weighted by atomic mass is 79.9. The molecule has 110 valence electrons. The normalized spacial score (nSPS) is 17.7. The Morgan fingerprint density at radius 2 is 2.15 bits per heavy atom. The summed E-state index contributed by atoms with van der Waals surface area (Å²) in [6.07, 6.45) is 2.17. The first-order valence-corrected chi connectivity index (χ1v) is 7.82. The Labute approximate surface area is 128 Å². The van der Waals surface area contributed by atoms with Crippen molar-refractivity contribution in [1.29, 1.82) is 0 Å². The maximum atomic E-state index is 11.9. The molecule has 1 aliphatic heterocycles. The van der Waals surface area contributed by atoms with E-state index in [0.29, 0.717) is 0 Å². The molecule has 0 bridgehead atoms. The van der Waals surface area contributed by atoms with Gasteiger partial charge in [-0.1, -0.05) is 34.1 Å². The van der Waals surface area contributed by atoms with E-state index in [2.05, 4.69) is 26.6 Å². The van der Waals surface area contributed by atoms with Crippen molar-refractivity contribution < 1.29 is 9.53 Å². The maximum Gasteiger partial charge on any atom is 0.246 e. The molecule has 4 nitrogen and oxygen atoms in total. The van der Waals surface area contributed by atoms with Gasteiger partial charge in [0.2, 0.25) is 5.91 Å². The first kappa shape index (κ1) is 15.5. The van der Waals surface area contributed by atoms with Crippen molar-refractivity contribution >= 4 is 21.8 Å². The van der Waals surface area contributed by atoms with E-state index in [1.54, 1.807) is 0 Å². The summed E-state index contributed by atoms with van der Waals surface area (Å²) in [4.78, 5) is 11.9. The van der Waals surface area contributed by atoms with Gasteiger partial charge in [0.15, 0.2) is 0 Å². The standard InChI is InChI=1S/C15H21BrN2O2/c1-11(13-4-2-3-5-14(13)16)18-15(19)10-20-12-6-8-17-9-7-12/h2-5,11-12,17H,6-10H2,1H3,(H,18,19). The van der Waals surface area contributed by atoms with Crippen molar-refractivity contribution in [1.82, 2.24) is 10.6 Å². The molecule has 2 rings (SSSR count). The molecule has 1 aliphatic rings. The van der Waals surface area contributed by atoms with Crippen LogP contribution < -0.4 is 10.6 Å². The molecule has 0 aromatic heterocycles. The third-order valence-electron chi connectivity index (χ3n) is 3.49. The smallest absolute Gasteiger partial charge is 0.246 e. The first-order valence-electron chi connectivity index (χ1n) is 7.03. The van der Waals surface area contributed by atoms with Crippen LogP contribution in [0.15, 0.2) is 28.7 Å². The molecule has 2 N–H and O–H groups in total. The van der Waals surface area contributed by atoms with E-state index in [1.807, 2.05) is 31.2 Å². The molecular formula is C15H21BrN2O2. The summed E-state index contributed by atoms with van der Waals surface area (Å²) < 4.78 is 6.65. The van der Waals surface area contributed by atoms with E-state index in [9.17, 15) is 4.79 Å². The van der Waals surface area contributed by atoms with Crippen molar-refractivity contribution in [3.8, 4) is 0 Å². The zero-order chi connectivity index (χ0) is 14.4. The highest BCUT2D eigenvalue weighted by molar-refractivity contribution is 9.10. The van der Waals surface area contributed by atoms with E-state index in [1.165, 1.54) is 0 Å². The third-order valence-corrected chi connectivity index (χ3v) is 4.21. The lowest BCUT2D eigenvalue weighted by Gasteiger charge is -2.23. The van der Waals surface area contributed by atoms with Crippen LogP contribution in [0, 0.1) is 0 Å². The van der Waals surface area contributed by atoms with E-state index in [0.717, 1.165) is 36.0 Å². The number of halogens is 1. The van der Waals surface area contributed by atoms with Gasteiger partial charge in [0.25, 0.3) is 0 Å². The molecule has 1 unspecified atom stereocenters. The molecule has 1 saturated heterocycles. The Morgan fingerprint density at radius 1 is 1.45 bits per heavy atom. The summed E-state index contributed by atoms with van der Waals surface area (Å²) >= 11 is 3.50. The number of amides is 1. The van der Waals surface area contributed by atoms with E-state index < -0.39 is 0 Å². The summed E-state index contributed by atoms with van der Waals surface area (Å²) in [5.41, 5.74) is 1.07. The number of ether oxygens (including phenoxy) is 1. The number of carbonyl (C=O) groups is 1. The van der Waals surface area contributed by atoms with Crippen LogP contribution in [-0.2, 0) is 9.53 Å². The number of hydrogen-bond acceptors (Lipinski definition) is 3. The van der Waals surface area contributed by atoms with Gasteiger partial charge in [-0.05, 0) is 44.5 Å². The van der Waals surface area contributed by atoms with Gasteiger partial charge in [0.05, 0.1) is 12.1 Å². The average molecular weight is 341 g/mol. The molecule has 0 spiro atoms. The van der Waals surface area contributed by atoms with E-state index in [4.69, 9.17) is 4.74 Å². The minimum Gasteiger partial charge on any atom is -0.368 e. The minimum atomic E-state index is -0.0632. The summed E-state index contributed by atoms with van der Waals surface area (Å²) in [5.74, 6) is -0.0632. The van der Waals surface area contributed by atoms with Crippen molar-refractivity contribution in [3.63, 3.8) is 0 Å². The molecule has 20 heavy (non-hydrogen) atoms. The molecule has 1 fully saturated rings. The molecule has 1 heterocycles. The highest BCUT2D eigenvalue weighted by Gasteiger charge is 2.16. The molecule has 0 radical (unpaired) electrons. The van der Waals surface area contributed by atoms with Crippen LogP contribution in [0.5, 0.6) is 0 Å². The van der Waals surface area contributed by atoms with Crippen LogP contribution in [-0.4, -0.2) is 31.7 Å². The predicted molar refractivity (Wildman–Crippen MR) is 82.5 cm³/mol. The predicted octanol–water partition coefficient (Wildman–Crippen LogP) is 2.39. The largest absolute Gasteiger partial charge is 0.368 e. The van der Waals surface area contributed by atoms with Gasteiger partial charge in [0, 0.05) is 4.47 Å². The molecule has 0 saturated carbocycles. The van der Waals surface area contributed by atoms with Gasteiger partial charge in [-0.3, -0.25) is 4.79 Å². The fraction of sp³-hybridized carbons (Fsp3) is 0.533. The minimum absolute atomic E-state index is 0.0327. The Hall–Kier alpha value is -0.910.